The molecule has 0 aliphatic heterocycles. The standard InChI is InChI=1S/C8H12N2/c1-2-3-4-5-8-6-9-7-10-8/h2-3,6-7H,4-5H2,1H3,(H,9,10). The molecule has 0 spiro atoms. The van der Waals surface area contributed by atoms with Crippen molar-refractivity contribution in [3.8, 4) is 0 Å². The fourth-order valence-electron chi connectivity index (χ4n) is 0.827. The van der Waals surface area contributed by atoms with Crippen LogP contribution in [0.3, 0.4) is 0 Å². The van der Waals surface area contributed by atoms with Crippen LogP contribution in [-0.4, -0.2) is 9.97 Å². The second kappa shape index (κ2) is 3.88. The van der Waals surface area contributed by atoms with E-state index in [9.17, 15) is 0 Å². The zero-order valence-corrected chi connectivity index (χ0v) is 6.17. The van der Waals surface area contributed by atoms with E-state index in [1.54, 1.807) is 6.33 Å². The summed E-state index contributed by atoms with van der Waals surface area (Å²) in [5.74, 6) is 0. The van der Waals surface area contributed by atoms with Crippen LogP contribution in [-0.2, 0) is 6.42 Å². The second-order valence-corrected chi connectivity index (χ2v) is 2.18. The molecule has 0 unspecified atom stereocenters. The first kappa shape index (κ1) is 7.06. The molecule has 54 valence electrons. The fraction of sp³-hybridized carbons (Fsp3) is 0.375. The molecule has 0 aliphatic rings. The lowest BCUT2D eigenvalue weighted by molar-refractivity contribution is 0.957. The zero-order valence-electron chi connectivity index (χ0n) is 6.17. The molecule has 1 N–H and O–H groups in total. The Labute approximate surface area is 61.0 Å². The van der Waals surface area contributed by atoms with Crippen LogP contribution < -0.4 is 0 Å². The van der Waals surface area contributed by atoms with Crippen LogP contribution in [0.25, 0.3) is 0 Å². The van der Waals surface area contributed by atoms with E-state index in [4.69, 9.17) is 0 Å². The third kappa shape index (κ3) is 2.05. The summed E-state index contributed by atoms with van der Waals surface area (Å²) in [6.45, 7) is 2.03. The fourth-order valence-corrected chi connectivity index (χ4v) is 0.827. The van der Waals surface area contributed by atoms with Gasteiger partial charge in [-0.15, -0.1) is 0 Å². The second-order valence-electron chi connectivity index (χ2n) is 2.18. The molecular formula is C8H12N2. The van der Waals surface area contributed by atoms with E-state index in [2.05, 4.69) is 22.1 Å². The summed E-state index contributed by atoms with van der Waals surface area (Å²) in [5.41, 5.74) is 1.21. The largest absolute Gasteiger partial charge is 0.348 e. The average molecular weight is 136 g/mol. The van der Waals surface area contributed by atoms with E-state index < -0.39 is 0 Å². The molecule has 1 rings (SSSR count). The maximum absolute atomic E-state index is 3.92. The summed E-state index contributed by atoms with van der Waals surface area (Å²) < 4.78 is 0. The maximum Gasteiger partial charge on any atom is 0.0921 e. The Bertz CT molecular complexity index is 187. The molecule has 0 fully saturated rings. The molecule has 1 heterocycles. The number of imidazole rings is 1. The average Bonchev–Trinajstić information content (AvgIpc) is 2.41. The van der Waals surface area contributed by atoms with Crippen LogP contribution in [0.15, 0.2) is 24.7 Å². The van der Waals surface area contributed by atoms with Crippen LogP contribution >= 0.6 is 0 Å². The molecule has 1 aromatic rings. The number of rotatable bonds is 3. The maximum atomic E-state index is 3.92. The third-order valence-corrected chi connectivity index (χ3v) is 1.37. The van der Waals surface area contributed by atoms with Crippen molar-refractivity contribution in [3.63, 3.8) is 0 Å². The molecule has 0 aliphatic carbocycles. The molecule has 0 radical (unpaired) electrons. The molecule has 2 heteroatoms. The number of aromatic nitrogens is 2. The summed E-state index contributed by atoms with van der Waals surface area (Å²) in [6.07, 6.45) is 9.95. The number of allylic oxidation sites excluding steroid dienone is 2. The van der Waals surface area contributed by atoms with Gasteiger partial charge in [-0.25, -0.2) is 4.98 Å². The molecule has 10 heavy (non-hydrogen) atoms. The topological polar surface area (TPSA) is 28.7 Å². The van der Waals surface area contributed by atoms with Gasteiger partial charge in [-0.2, -0.15) is 0 Å². The summed E-state index contributed by atoms with van der Waals surface area (Å²) in [7, 11) is 0. The van der Waals surface area contributed by atoms with Gasteiger partial charge in [-0.1, -0.05) is 12.2 Å². The van der Waals surface area contributed by atoms with Crippen molar-refractivity contribution >= 4 is 0 Å². The molecule has 1 aromatic heterocycles. The third-order valence-electron chi connectivity index (χ3n) is 1.37. The minimum Gasteiger partial charge on any atom is -0.348 e. The van der Waals surface area contributed by atoms with Crippen molar-refractivity contribution in [2.75, 3.05) is 0 Å². The Morgan fingerprint density at radius 1 is 1.70 bits per heavy atom. The summed E-state index contributed by atoms with van der Waals surface area (Å²) in [4.78, 5) is 6.97. The number of aryl methyl sites for hydroxylation is 1. The minimum absolute atomic E-state index is 1.06. The van der Waals surface area contributed by atoms with Gasteiger partial charge in [0, 0.05) is 11.9 Å². The zero-order chi connectivity index (χ0) is 7.23. The summed E-state index contributed by atoms with van der Waals surface area (Å²) >= 11 is 0. The summed E-state index contributed by atoms with van der Waals surface area (Å²) in [6, 6.07) is 0. The lowest BCUT2D eigenvalue weighted by Crippen LogP contribution is -1.80. The SMILES string of the molecule is CC=CCCc1cnc[nH]1. The van der Waals surface area contributed by atoms with Gasteiger partial charge in [-0.3, -0.25) is 0 Å². The van der Waals surface area contributed by atoms with Crippen LogP contribution in [0.2, 0.25) is 0 Å². The van der Waals surface area contributed by atoms with Gasteiger partial charge in [0.25, 0.3) is 0 Å². The number of nitrogens with zero attached hydrogens (tertiary/aromatic N) is 1. The smallest absolute Gasteiger partial charge is 0.0921 e. The van der Waals surface area contributed by atoms with Crippen molar-refractivity contribution in [1.82, 2.24) is 9.97 Å². The number of nitrogens with one attached hydrogen (secondary N) is 1. The van der Waals surface area contributed by atoms with Crippen molar-refractivity contribution in [2.24, 2.45) is 0 Å². The van der Waals surface area contributed by atoms with Gasteiger partial charge < -0.3 is 4.98 Å². The van der Waals surface area contributed by atoms with E-state index in [1.165, 1.54) is 5.69 Å². The molecule has 0 saturated heterocycles. The molecule has 0 atom stereocenters. The normalized spacial score (nSPS) is 10.9. The van der Waals surface area contributed by atoms with E-state index in [1.807, 2.05) is 13.1 Å². The van der Waals surface area contributed by atoms with Crippen molar-refractivity contribution in [3.05, 3.63) is 30.4 Å². The monoisotopic (exact) mass is 136 g/mol. The van der Waals surface area contributed by atoms with E-state index in [0.29, 0.717) is 0 Å². The lowest BCUT2D eigenvalue weighted by atomic mass is 10.2. The van der Waals surface area contributed by atoms with E-state index in [-0.39, 0.29) is 0 Å². The van der Waals surface area contributed by atoms with Gasteiger partial charge in [0.05, 0.1) is 6.33 Å². The minimum atomic E-state index is 1.06. The highest BCUT2D eigenvalue weighted by Crippen LogP contribution is 1.96. The quantitative estimate of drug-likeness (QED) is 0.632. The van der Waals surface area contributed by atoms with Crippen LogP contribution in [0.4, 0.5) is 0 Å². The van der Waals surface area contributed by atoms with Crippen molar-refractivity contribution in [2.45, 2.75) is 19.8 Å². The van der Waals surface area contributed by atoms with Crippen molar-refractivity contribution < 1.29 is 0 Å². The number of H-pyrrole nitrogens is 1. The lowest BCUT2D eigenvalue weighted by Gasteiger charge is -1.88. The van der Waals surface area contributed by atoms with E-state index in [0.717, 1.165) is 12.8 Å². The molecule has 2 nitrogen and oxygen atoms in total. The highest BCUT2D eigenvalue weighted by atomic mass is 14.9. The van der Waals surface area contributed by atoms with E-state index >= 15 is 0 Å². The molecular weight excluding hydrogens is 124 g/mol. The molecule has 0 amide bonds. The Morgan fingerprint density at radius 3 is 3.20 bits per heavy atom. The summed E-state index contributed by atoms with van der Waals surface area (Å²) in [5, 5.41) is 0. The Balaban J connectivity index is 2.28. The van der Waals surface area contributed by atoms with Gasteiger partial charge >= 0.3 is 0 Å². The molecule has 0 aromatic carbocycles. The Morgan fingerprint density at radius 2 is 2.60 bits per heavy atom. The van der Waals surface area contributed by atoms with Crippen molar-refractivity contribution in [1.29, 1.82) is 0 Å². The van der Waals surface area contributed by atoms with Gasteiger partial charge in [-0.05, 0) is 19.8 Å². The predicted octanol–water partition coefficient (Wildman–Crippen LogP) is 1.92. The van der Waals surface area contributed by atoms with Crippen LogP contribution in [0.1, 0.15) is 19.0 Å². The first-order valence-electron chi connectivity index (χ1n) is 3.52. The first-order chi connectivity index (χ1) is 4.93. The Kier molecular flexibility index (Phi) is 2.74. The van der Waals surface area contributed by atoms with Gasteiger partial charge in [0.1, 0.15) is 0 Å². The Hall–Kier alpha value is -1.05. The van der Waals surface area contributed by atoms with Crippen LogP contribution in [0, 0.1) is 0 Å². The number of hydrogen-bond donors (Lipinski definition) is 1. The predicted molar refractivity (Wildman–Crippen MR) is 41.7 cm³/mol. The van der Waals surface area contributed by atoms with Gasteiger partial charge in [0.2, 0.25) is 0 Å². The first-order valence-corrected chi connectivity index (χ1v) is 3.52. The number of hydrogen-bond acceptors (Lipinski definition) is 1. The van der Waals surface area contributed by atoms with Crippen LogP contribution in [0.5, 0.6) is 0 Å². The highest BCUT2D eigenvalue weighted by Gasteiger charge is 1.88. The number of aromatic amines is 1. The highest BCUT2D eigenvalue weighted by molar-refractivity contribution is 4.96. The molecule has 0 bridgehead atoms. The molecule has 0 saturated carbocycles. The van der Waals surface area contributed by atoms with Gasteiger partial charge in [0.15, 0.2) is 0 Å².